The third kappa shape index (κ3) is 3.12. The fourth-order valence-corrected chi connectivity index (χ4v) is 5.32. The molecular formula is C27H24N2O5. The Hall–Kier alpha value is -3.97. The van der Waals surface area contributed by atoms with E-state index in [-0.39, 0.29) is 5.91 Å². The number of fused-ring (bicyclic) bond motifs is 1. The van der Waals surface area contributed by atoms with Crippen LogP contribution in [0.5, 0.6) is 5.75 Å². The van der Waals surface area contributed by atoms with Gasteiger partial charge in [-0.25, -0.2) is 4.90 Å². The number of amides is 2. The van der Waals surface area contributed by atoms with Crippen molar-refractivity contribution in [2.75, 3.05) is 19.1 Å². The van der Waals surface area contributed by atoms with Gasteiger partial charge in [0.1, 0.15) is 11.8 Å². The summed E-state index contributed by atoms with van der Waals surface area (Å²) >= 11 is 0. The van der Waals surface area contributed by atoms with Crippen LogP contribution in [0.2, 0.25) is 0 Å². The fraction of sp³-hybridized carbons (Fsp3) is 0.222. The van der Waals surface area contributed by atoms with E-state index in [1.807, 2.05) is 60.7 Å². The minimum Gasteiger partial charge on any atom is -0.497 e. The molecule has 7 heteroatoms. The van der Waals surface area contributed by atoms with E-state index in [4.69, 9.17) is 9.47 Å². The minimum atomic E-state index is -1.10. The van der Waals surface area contributed by atoms with Gasteiger partial charge in [0.15, 0.2) is 0 Å². The number of anilines is 1. The van der Waals surface area contributed by atoms with Gasteiger partial charge in [-0.1, -0.05) is 60.7 Å². The summed E-state index contributed by atoms with van der Waals surface area (Å²) in [7, 11) is 2.83. The van der Waals surface area contributed by atoms with E-state index in [1.54, 1.807) is 31.4 Å². The van der Waals surface area contributed by atoms with Crippen LogP contribution in [0.3, 0.4) is 0 Å². The molecule has 7 nitrogen and oxygen atoms in total. The molecule has 0 aromatic heterocycles. The molecule has 2 aliphatic rings. The Kier molecular flexibility index (Phi) is 5.42. The van der Waals surface area contributed by atoms with E-state index in [0.717, 1.165) is 11.1 Å². The average molecular weight is 456 g/mol. The molecule has 2 amide bonds. The van der Waals surface area contributed by atoms with Crippen molar-refractivity contribution < 1.29 is 23.9 Å². The van der Waals surface area contributed by atoms with E-state index in [2.05, 4.69) is 5.32 Å². The van der Waals surface area contributed by atoms with E-state index in [1.165, 1.54) is 12.0 Å². The number of rotatable bonds is 5. The van der Waals surface area contributed by atoms with Crippen LogP contribution in [0, 0.1) is 11.8 Å². The topological polar surface area (TPSA) is 84.9 Å². The first kappa shape index (κ1) is 21.9. The number of methoxy groups -OCH3 is 2. The van der Waals surface area contributed by atoms with Crippen molar-refractivity contribution in [3.8, 4) is 5.75 Å². The number of carbonyl (C=O) groups is 3. The molecule has 34 heavy (non-hydrogen) atoms. The van der Waals surface area contributed by atoms with Crippen molar-refractivity contribution in [1.29, 1.82) is 0 Å². The lowest BCUT2D eigenvalue weighted by atomic mass is 9.72. The highest BCUT2D eigenvalue weighted by Gasteiger charge is 2.68. The van der Waals surface area contributed by atoms with Crippen LogP contribution < -0.4 is 15.0 Å². The highest BCUT2D eigenvalue weighted by atomic mass is 16.5. The maximum atomic E-state index is 14.1. The number of ether oxygens (including phenoxy) is 2. The molecule has 3 aromatic carbocycles. The first-order valence-electron chi connectivity index (χ1n) is 11.0. The number of carbonyl (C=O) groups excluding carboxylic acids is 3. The van der Waals surface area contributed by atoms with E-state index in [9.17, 15) is 14.4 Å². The van der Waals surface area contributed by atoms with Gasteiger partial charge in [0.05, 0.1) is 37.3 Å². The summed E-state index contributed by atoms with van der Waals surface area (Å²) in [6.07, 6.45) is 0. The SMILES string of the molecule is COC(=O)[C@H]1NC(c2ccccc2)(c2ccccc2)[C@H]2C(=O)N(c3ccc(OC)cc3)C(=O)[C@@H]12. The van der Waals surface area contributed by atoms with Gasteiger partial charge in [0.25, 0.3) is 0 Å². The zero-order valence-electron chi connectivity index (χ0n) is 18.8. The number of nitrogens with zero attached hydrogens (tertiary/aromatic N) is 1. The van der Waals surface area contributed by atoms with E-state index < -0.39 is 35.3 Å². The van der Waals surface area contributed by atoms with Gasteiger partial charge in [-0.05, 0) is 35.4 Å². The number of nitrogens with one attached hydrogen (secondary N) is 1. The largest absolute Gasteiger partial charge is 0.497 e. The van der Waals surface area contributed by atoms with E-state index in [0.29, 0.717) is 11.4 Å². The Morgan fingerprint density at radius 2 is 1.38 bits per heavy atom. The number of hydrogen-bond donors (Lipinski definition) is 1. The molecule has 1 N–H and O–H groups in total. The van der Waals surface area contributed by atoms with Crippen LogP contribution in [-0.2, 0) is 24.7 Å². The third-order valence-electron chi connectivity index (χ3n) is 6.80. The summed E-state index contributed by atoms with van der Waals surface area (Å²) in [5.41, 5.74) is 0.921. The summed E-state index contributed by atoms with van der Waals surface area (Å²) in [6.45, 7) is 0. The maximum Gasteiger partial charge on any atom is 0.323 e. The molecule has 0 aliphatic carbocycles. The molecule has 2 aliphatic heterocycles. The molecule has 0 saturated carbocycles. The summed E-state index contributed by atoms with van der Waals surface area (Å²) in [5, 5.41) is 3.38. The van der Waals surface area contributed by atoms with Crippen LogP contribution in [0.15, 0.2) is 84.9 Å². The molecule has 172 valence electrons. The molecule has 0 radical (unpaired) electrons. The fourth-order valence-electron chi connectivity index (χ4n) is 5.32. The maximum absolute atomic E-state index is 14.1. The van der Waals surface area contributed by atoms with Gasteiger partial charge in [-0.2, -0.15) is 0 Å². The highest BCUT2D eigenvalue weighted by Crippen LogP contribution is 2.52. The molecular weight excluding hydrogens is 432 g/mol. The van der Waals surface area contributed by atoms with Gasteiger partial charge in [-0.15, -0.1) is 0 Å². The first-order chi connectivity index (χ1) is 16.5. The third-order valence-corrected chi connectivity index (χ3v) is 6.80. The predicted octanol–water partition coefficient (Wildman–Crippen LogP) is 2.89. The Bertz CT molecular complexity index is 1190. The van der Waals surface area contributed by atoms with E-state index >= 15 is 0 Å². The van der Waals surface area contributed by atoms with Crippen LogP contribution in [0.1, 0.15) is 11.1 Å². The average Bonchev–Trinajstić information content (AvgIpc) is 3.39. The smallest absolute Gasteiger partial charge is 0.323 e. The number of hydrogen-bond acceptors (Lipinski definition) is 6. The van der Waals surface area contributed by atoms with Crippen molar-refractivity contribution in [2.45, 2.75) is 11.6 Å². The lowest BCUT2D eigenvalue weighted by Crippen LogP contribution is -2.51. The Morgan fingerprint density at radius 3 is 1.88 bits per heavy atom. The number of esters is 1. The Balaban J connectivity index is 1.72. The zero-order chi connectivity index (χ0) is 23.9. The van der Waals surface area contributed by atoms with Gasteiger partial charge >= 0.3 is 5.97 Å². The van der Waals surface area contributed by atoms with Crippen LogP contribution in [0.25, 0.3) is 0 Å². The second-order valence-electron chi connectivity index (χ2n) is 8.40. The molecule has 2 heterocycles. The molecule has 0 spiro atoms. The lowest BCUT2D eigenvalue weighted by molar-refractivity contribution is -0.145. The van der Waals surface area contributed by atoms with Gasteiger partial charge < -0.3 is 9.47 Å². The molecule has 3 aromatic rings. The number of benzene rings is 3. The second kappa shape index (κ2) is 8.43. The monoisotopic (exact) mass is 456 g/mol. The van der Waals surface area contributed by atoms with Crippen molar-refractivity contribution >= 4 is 23.5 Å². The predicted molar refractivity (Wildman–Crippen MR) is 125 cm³/mol. The lowest BCUT2D eigenvalue weighted by Gasteiger charge is -2.36. The molecule has 3 atom stereocenters. The second-order valence-corrected chi connectivity index (χ2v) is 8.40. The van der Waals surface area contributed by atoms with Crippen LogP contribution in [-0.4, -0.2) is 38.0 Å². The van der Waals surface area contributed by atoms with Gasteiger partial charge in [-0.3, -0.25) is 19.7 Å². The normalized spacial score (nSPS) is 23.0. The molecule has 0 bridgehead atoms. The molecule has 2 fully saturated rings. The van der Waals surface area contributed by atoms with Crippen molar-refractivity contribution in [3.63, 3.8) is 0 Å². The summed E-state index contributed by atoms with van der Waals surface area (Å²) in [4.78, 5) is 41.9. The summed E-state index contributed by atoms with van der Waals surface area (Å²) < 4.78 is 10.3. The van der Waals surface area contributed by atoms with Gasteiger partial charge in [0, 0.05) is 0 Å². The molecule has 0 unspecified atom stereocenters. The van der Waals surface area contributed by atoms with Gasteiger partial charge in [0.2, 0.25) is 11.8 Å². The first-order valence-corrected chi connectivity index (χ1v) is 11.0. The van der Waals surface area contributed by atoms with Crippen LogP contribution in [0.4, 0.5) is 5.69 Å². The summed E-state index contributed by atoms with van der Waals surface area (Å²) in [6, 6.07) is 24.7. The highest BCUT2D eigenvalue weighted by molar-refractivity contribution is 6.24. The Labute approximate surface area is 197 Å². The minimum absolute atomic E-state index is 0.369. The standard InChI is InChI=1S/C27H24N2O5/c1-33-20-15-13-19(14-16-20)29-24(30)21-22(25(29)31)27(17-9-5-3-6-10-17,18-11-7-4-8-12-18)28-23(21)26(32)34-2/h3-16,21-23,28H,1-2H3/t21-,22-,23+/m1/s1. The molecule has 5 rings (SSSR count). The van der Waals surface area contributed by atoms with Crippen LogP contribution >= 0.6 is 0 Å². The molecule has 2 saturated heterocycles. The Morgan fingerprint density at radius 1 is 0.824 bits per heavy atom. The van der Waals surface area contributed by atoms with Crippen molar-refractivity contribution in [2.24, 2.45) is 11.8 Å². The van der Waals surface area contributed by atoms with Crippen molar-refractivity contribution in [1.82, 2.24) is 5.32 Å². The quantitative estimate of drug-likeness (QED) is 0.470. The van der Waals surface area contributed by atoms with Crippen molar-refractivity contribution in [3.05, 3.63) is 96.1 Å². The zero-order valence-corrected chi connectivity index (χ0v) is 18.8. The summed E-state index contributed by atoms with van der Waals surface area (Å²) in [5.74, 6) is -2.55. The number of imide groups is 1.